The molecule has 2 aromatic rings. The highest BCUT2D eigenvalue weighted by atomic mass is 79.9. The Labute approximate surface area is 197 Å². The van der Waals surface area contributed by atoms with Crippen molar-refractivity contribution in [1.29, 1.82) is 0 Å². The number of anilines is 2. The molecule has 0 N–H and O–H groups in total. The van der Waals surface area contributed by atoms with Crippen LogP contribution in [-0.4, -0.2) is 71.9 Å². The van der Waals surface area contributed by atoms with Crippen molar-refractivity contribution in [2.45, 2.75) is 31.8 Å². The molecule has 0 aliphatic carbocycles. The molecule has 2 saturated heterocycles. The quantitative estimate of drug-likeness (QED) is 0.635. The molecule has 8 heteroatoms. The zero-order valence-corrected chi connectivity index (χ0v) is 19.7. The Morgan fingerprint density at radius 2 is 1.88 bits per heavy atom. The molecule has 1 aromatic carbocycles. The summed E-state index contributed by atoms with van der Waals surface area (Å²) in [6.45, 7) is 6.07. The van der Waals surface area contributed by atoms with Gasteiger partial charge < -0.3 is 14.7 Å². The van der Waals surface area contributed by atoms with E-state index in [-0.39, 0.29) is 17.9 Å². The van der Waals surface area contributed by atoms with Crippen molar-refractivity contribution in [3.8, 4) is 0 Å². The van der Waals surface area contributed by atoms with Crippen molar-refractivity contribution >= 4 is 39.2 Å². The number of hydrogen-bond donors (Lipinski definition) is 0. The molecule has 1 atom stereocenters. The molecule has 0 radical (unpaired) electrons. The van der Waals surface area contributed by atoms with Crippen LogP contribution in [0.3, 0.4) is 0 Å². The van der Waals surface area contributed by atoms with Crippen molar-refractivity contribution in [3.05, 3.63) is 52.6 Å². The van der Waals surface area contributed by atoms with E-state index in [4.69, 9.17) is 0 Å². The number of piperazine rings is 1. The second kappa shape index (κ2) is 9.19. The average Bonchev–Trinajstić information content (AvgIpc) is 3.13. The molecule has 2 fully saturated rings. The normalized spacial score (nSPS) is 21.5. The van der Waals surface area contributed by atoms with E-state index in [1.807, 2.05) is 41.4 Å². The topological polar surface area (TPSA) is 60.0 Å². The maximum atomic E-state index is 13.4. The largest absolute Gasteiger partial charge is 0.354 e. The molecule has 0 unspecified atom stereocenters. The predicted molar refractivity (Wildman–Crippen MR) is 128 cm³/mol. The van der Waals surface area contributed by atoms with Gasteiger partial charge in [-0.3, -0.25) is 14.5 Å². The number of halogens is 1. The van der Waals surface area contributed by atoms with Crippen LogP contribution >= 0.6 is 15.9 Å². The minimum Gasteiger partial charge on any atom is -0.354 e. The molecule has 7 nitrogen and oxygen atoms in total. The Morgan fingerprint density at radius 1 is 1.03 bits per heavy atom. The summed E-state index contributed by atoms with van der Waals surface area (Å²) in [6, 6.07) is 11.7. The van der Waals surface area contributed by atoms with Gasteiger partial charge in [0.15, 0.2) is 0 Å². The molecule has 0 spiro atoms. The number of hydrogen-bond acceptors (Lipinski definition) is 5. The Kier molecular flexibility index (Phi) is 6.15. The summed E-state index contributed by atoms with van der Waals surface area (Å²) in [6.07, 6.45) is 3.84. The maximum Gasteiger partial charge on any atom is 0.249 e. The van der Waals surface area contributed by atoms with Crippen LogP contribution in [0.2, 0.25) is 0 Å². The summed E-state index contributed by atoms with van der Waals surface area (Å²) in [5.41, 5.74) is 1.98. The molecule has 1 aromatic heterocycles. The lowest BCUT2D eigenvalue weighted by molar-refractivity contribution is -0.134. The molecule has 3 aliphatic rings. The highest BCUT2D eigenvalue weighted by Gasteiger charge is 2.41. The van der Waals surface area contributed by atoms with Gasteiger partial charge in [-0.15, -0.1) is 0 Å². The van der Waals surface area contributed by atoms with Gasteiger partial charge in [-0.1, -0.05) is 22.0 Å². The Balaban J connectivity index is 1.22. The van der Waals surface area contributed by atoms with Gasteiger partial charge in [0.2, 0.25) is 11.8 Å². The van der Waals surface area contributed by atoms with E-state index in [2.05, 4.69) is 36.8 Å². The van der Waals surface area contributed by atoms with E-state index in [0.29, 0.717) is 25.9 Å². The summed E-state index contributed by atoms with van der Waals surface area (Å²) >= 11 is 3.54. The fourth-order valence-corrected chi connectivity index (χ4v) is 5.45. The molecular formula is C24H28BrN5O2. The smallest absolute Gasteiger partial charge is 0.249 e. The SMILES string of the molecule is O=C1[C@@H]2CCC(=O)N2Cc2cc(Br)ccc2N1CCCN1CCN(c2ccccn2)CC1. The lowest BCUT2D eigenvalue weighted by Gasteiger charge is -2.35. The number of carbonyl (C=O) groups is 2. The van der Waals surface area contributed by atoms with Crippen molar-refractivity contribution in [1.82, 2.24) is 14.8 Å². The van der Waals surface area contributed by atoms with E-state index < -0.39 is 0 Å². The van der Waals surface area contributed by atoms with E-state index in [1.165, 1.54) is 0 Å². The van der Waals surface area contributed by atoms with E-state index in [1.54, 1.807) is 4.90 Å². The number of amides is 2. The molecule has 3 aliphatic heterocycles. The molecule has 4 heterocycles. The molecular weight excluding hydrogens is 470 g/mol. The van der Waals surface area contributed by atoms with Crippen LogP contribution in [0, 0.1) is 0 Å². The highest BCUT2D eigenvalue weighted by molar-refractivity contribution is 9.10. The van der Waals surface area contributed by atoms with Crippen molar-refractivity contribution in [3.63, 3.8) is 0 Å². The molecule has 5 rings (SSSR count). The van der Waals surface area contributed by atoms with Crippen molar-refractivity contribution in [2.75, 3.05) is 49.1 Å². The van der Waals surface area contributed by atoms with Crippen LogP contribution in [0.4, 0.5) is 11.5 Å². The monoisotopic (exact) mass is 497 g/mol. The van der Waals surface area contributed by atoms with Crippen molar-refractivity contribution in [2.24, 2.45) is 0 Å². The number of rotatable bonds is 5. The molecule has 0 bridgehead atoms. The van der Waals surface area contributed by atoms with E-state index >= 15 is 0 Å². The summed E-state index contributed by atoms with van der Waals surface area (Å²) in [7, 11) is 0. The summed E-state index contributed by atoms with van der Waals surface area (Å²) in [4.78, 5) is 38.7. The standard InChI is InChI=1S/C24H28BrN5O2/c25-19-5-6-20-18(16-19)17-30-21(7-8-23(30)31)24(32)29(20)11-3-10-27-12-14-28(15-13-27)22-4-1-2-9-26-22/h1-2,4-6,9,16,21H,3,7-8,10-15,17H2/t21-/m0/s1. The van der Waals surface area contributed by atoms with Crippen LogP contribution in [0.1, 0.15) is 24.8 Å². The van der Waals surface area contributed by atoms with Gasteiger partial charge in [0.25, 0.3) is 0 Å². The molecule has 2 amide bonds. The van der Waals surface area contributed by atoms with Crippen LogP contribution in [0.25, 0.3) is 0 Å². The van der Waals surface area contributed by atoms with Gasteiger partial charge in [-0.2, -0.15) is 0 Å². The fraction of sp³-hybridized carbons (Fsp3) is 0.458. The number of fused-ring (bicyclic) bond motifs is 2. The zero-order valence-electron chi connectivity index (χ0n) is 18.1. The highest BCUT2D eigenvalue weighted by Crippen LogP contribution is 2.34. The minimum absolute atomic E-state index is 0.0666. The second-order valence-electron chi connectivity index (χ2n) is 8.71. The van der Waals surface area contributed by atoms with Crippen molar-refractivity contribution < 1.29 is 9.59 Å². The van der Waals surface area contributed by atoms with Crippen LogP contribution in [0.5, 0.6) is 0 Å². The third kappa shape index (κ3) is 4.26. The predicted octanol–water partition coefficient (Wildman–Crippen LogP) is 2.89. The number of pyridine rings is 1. The lowest BCUT2D eigenvalue weighted by atomic mass is 10.1. The van der Waals surface area contributed by atoms with E-state index in [0.717, 1.165) is 60.7 Å². The summed E-state index contributed by atoms with van der Waals surface area (Å²) < 4.78 is 0.972. The van der Waals surface area contributed by atoms with Gasteiger partial charge in [0.05, 0.1) is 0 Å². The minimum atomic E-state index is -0.324. The Morgan fingerprint density at radius 3 is 2.66 bits per heavy atom. The van der Waals surface area contributed by atoms with Gasteiger partial charge in [0.1, 0.15) is 11.9 Å². The first-order chi connectivity index (χ1) is 15.6. The zero-order chi connectivity index (χ0) is 22.1. The molecule has 168 valence electrons. The number of carbonyl (C=O) groups excluding carboxylic acids is 2. The Bertz CT molecular complexity index is 993. The van der Waals surface area contributed by atoms with Gasteiger partial charge in [-0.05, 0) is 55.3 Å². The van der Waals surface area contributed by atoms with E-state index in [9.17, 15) is 9.59 Å². The van der Waals surface area contributed by atoms with Gasteiger partial charge in [0, 0.05) is 62.0 Å². The number of aromatic nitrogens is 1. The average molecular weight is 498 g/mol. The first-order valence-electron chi connectivity index (χ1n) is 11.4. The Hall–Kier alpha value is -2.45. The summed E-state index contributed by atoms with van der Waals surface area (Å²) in [5.74, 6) is 1.19. The lowest BCUT2D eigenvalue weighted by Crippen LogP contribution is -2.48. The third-order valence-corrected chi connectivity index (χ3v) is 7.25. The fourth-order valence-electron chi connectivity index (χ4n) is 5.04. The first-order valence-corrected chi connectivity index (χ1v) is 12.2. The van der Waals surface area contributed by atoms with Crippen LogP contribution in [0.15, 0.2) is 47.1 Å². The molecule has 0 saturated carbocycles. The maximum absolute atomic E-state index is 13.4. The summed E-state index contributed by atoms with van der Waals surface area (Å²) in [5, 5.41) is 0. The first kappa shape index (κ1) is 21.4. The van der Waals surface area contributed by atoms with Crippen LogP contribution < -0.4 is 9.80 Å². The van der Waals surface area contributed by atoms with Gasteiger partial charge >= 0.3 is 0 Å². The molecule has 32 heavy (non-hydrogen) atoms. The van der Waals surface area contributed by atoms with Crippen LogP contribution in [-0.2, 0) is 16.1 Å². The second-order valence-corrected chi connectivity index (χ2v) is 9.62. The van der Waals surface area contributed by atoms with Gasteiger partial charge in [-0.25, -0.2) is 4.98 Å². The number of benzene rings is 1. The third-order valence-electron chi connectivity index (χ3n) is 6.75. The number of nitrogens with zero attached hydrogens (tertiary/aromatic N) is 5.